The molecule has 0 aromatic carbocycles. The summed E-state index contributed by atoms with van der Waals surface area (Å²) in [6.45, 7) is 7.96. The molecular formula is C13H21NO2. The van der Waals surface area contributed by atoms with Gasteiger partial charge in [-0.2, -0.15) is 0 Å². The molecule has 0 rings (SSSR count). The SMILES string of the molecule is C=C(/C=C\C)N(C=O)CCCCCC(C)=O. The lowest BCUT2D eigenvalue weighted by Crippen LogP contribution is -2.20. The molecule has 0 heterocycles. The Morgan fingerprint density at radius 1 is 1.31 bits per heavy atom. The molecule has 0 fully saturated rings. The van der Waals surface area contributed by atoms with Gasteiger partial charge >= 0.3 is 0 Å². The standard InChI is InChI=1S/C13H21NO2/c1-4-8-12(2)14(11-15)10-7-5-6-9-13(3)16/h4,8,11H,2,5-7,9-10H2,1,3H3/b8-4-. The fourth-order valence-electron chi connectivity index (χ4n) is 1.39. The molecule has 0 saturated carbocycles. The molecule has 0 radical (unpaired) electrons. The Morgan fingerprint density at radius 3 is 2.50 bits per heavy atom. The van der Waals surface area contributed by atoms with Crippen molar-refractivity contribution in [2.24, 2.45) is 0 Å². The summed E-state index contributed by atoms with van der Waals surface area (Å²) in [6.07, 6.45) is 7.87. The van der Waals surface area contributed by atoms with E-state index < -0.39 is 0 Å². The second-order valence-electron chi connectivity index (χ2n) is 3.80. The van der Waals surface area contributed by atoms with Gasteiger partial charge in [0.25, 0.3) is 0 Å². The number of carbonyl (C=O) groups is 2. The number of Topliss-reactive ketones (excluding diaryl/α,β-unsaturated/α-hetero) is 1. The maximum Gasteiger partial charge on any atom is 0.214 e. The van der Waals surface area contributed by atoms with Crippen molar-refractivity contribution in [1.82, 2.24) is 4.90 Å². The third-order valence-electron chi connectivity index (χ3n) is 2.28. The van der Waals surface area contributed by atoms with E-state index >= 15 is 0 Å². The Balaban J connectivity index is 3.75. The van der Waals surface area contributed by atoms with Gasteiger partial charge in [0, 0.05) is 18.7 Å². The molecule has 90 valence electrons. The molecule has 0 aromatic heterocycles. The highest BCUT2D eigenvalue weighted by Crippen LogP contribution is 2.06. The van der Waals surface area contributed by atoms with Crippen molar-refractivity contribution in [3.8, 4) is 0 Å². The molecular weight excluding hydrogens is 202 g/mol. The average molecular weight is 223 g/mol. The van der Waals surface area contributed by atoms with E-state index in [1.807, 2.05) is 19.1 Å². The summed E-state index contributed by atoms with van der Waals surface area (Å²) in [4.78, 5) is 23.1. The first-order chi connectivity index (χ1) is 7.61. The van der Waals surface area contributed by atoms with Gasteiger partial charge in [0.05, 0.1) is 0 Å². The van der Waals surface area contributed by atoms with Crippen LogP contribution in [0.1, 0.15) is 39.5 Å². The predicted octanol–water partition coefficient (Wildman–Crippen LogP) is 2.68. The molecule has 0 N–H and O–H groups in total. The Labute approximate surface area is 97.8 Å². The maximum absolute atomic E-state index is 10.8. The molecule has 0 aliphatic heterocycles. The highest BCUT2D eigenvalue weighted by Gasteiger charge is 2.02. The van der Waals surface area contributed by atoms with Crippen LogP contribution in [0.15, 0.2) is 24.4 Å². The van der Waals surface area contributed by atoms with Crippen LogP contribution in [-0.2, 0) is 9.59 Å². The monoisotopic (exact) mass is 223 g/mol. The molecule has 3 heteroatoms. The predicted molar refractivity (Wildman–Crippen MR) is 65.9 cm³/mol. The number of ketones is 1. The molecule has 0 spiro atoms. The third-order valence-corrected chi connectivity index (χ3v) is 2.28. The van der Waals surface area contributed by atoms with Crippen LogP contribution in [0.5, 0.6) is 0 Å². The number of allylic oxidation sites excluding steroid dienone is 2. The minimum atomic E-state index is 0.227. The maximum atomic E-state index is 10.8. The summed E-state index contributed by atoms with van der Waals surface area (Å²) in [5.41, 5.74) is 0.712. The summed E-state index contributed by atoms with van der Waals surface area (Å²) in [5.74, 6) is 0.227. The van der Waals surface area contributed by atoms with E-state index in [9.17, 15) is 9.59 Å². The number of nitrogens with zero attached hydrogens (tertiary/aromatic N) is 1. The van der Waals surface area contributed by atoms with E-state index in [-0.39, 0.29) is 5.78 Å². The lowest BCUT2D eigenvalue weighted by atomic mass is 10.1. The fourth-order valence-corrected chi connectivity index (χ4v) is 1.39. The van der Waals surface area contributed by atoms with Crippen LogP contribution in [0.4, 0.5) is 0 Å². The van der Waals surface area contributed by atoms with E-state index in [0.29, 0.717) is 18.7 Å². The van der Waals surface area contributed by atoms with Crippen molar-refractivity contribution in [2.75, 3.05) is 6.54 Å². The molecule has 0 unspecified atom stereocenters. The Kier molecular flexibility index (Phi) is 8.12. The Bertz CT molecular complexity index is 269. The van der Waals surface area contributed by atoms with Gasteiger partial charge in [-0.1, -0.05) is 19.1 Å². The Morgan fingerprint density at radius 2 is 2.00 bits per heavy atom. The number of unbranched alkanes of at least 4 members (excludes halogenated alkanes) is 2. The smallest absolute Gasteiger partial charge is 0.214 e. The quantitative estimate of drug-likeness (QED) is 0.342. The van der Waals surface area contributed by atoms with Gasteiger partial charge in [0.1, 0.15) is 5.78 Å². The molecule has 0 aliphatic carbocycles. The number of rotatable bonds is 9. The first kappa shape index (κ1) is 14.6. The molecule has 1 amide bonds. The molecule has 0 bridgehead atoms. The van der Waals surface area contributed by atoms with Crippen LogP contribution in [0, 0.1) is 0 Å². The van der Waals surface area contributed by atoms with Gasteiger partial charge in [0.2, 0.25) is 6.41 Å². The molecule has 0 aliphatic rings. The van der Waals surface area contributed by atoms with Crippen molar-refractivity contribution < 1.29 is 9.59 Å². The molecule has 16 heavy (non-hydrogen) atoms. The summed E-state index contributed by atoms with van der Waals surface area (Å²) in [7, 11) is 0. The largest absolute Gasteiger partial charge is 0.316 e. The summed E-state index contributed by atoms with van der Waals surface area (Å²) in [5, 5.41) is 0. The van der Waals surface area contributed by atoms with Gasteiger partial charge in [0.15, 0.2) is 0 Å². The van der Waals surface area contributed by atoms with Crippen LogP contribution in [0.25, 0.3) is 0 Å². The van der Waals surface area contributed by atoms with Crippen molar-refractivity contribution in [1.29, 1.82) is 0 Å². The second-order valence-corrected chi connectivity index (χ2v) is 3.80. The average Bonchev–Trinajstić information content (AvgIpc) is 2.23. The molecule has 0 aromatic rings. The van der Waals surface area contributed by atoms with Crippen LogP contribution in [0.2, 0.25) is 0 Å². The minimum Gasteiger partial charge on any atom is -0.316 e. The van der Waals surface area contributed by atoms with E-state index in [0.717, 1.165) is 25.7 Å². The zero-order chi connectivity index (χ0) is 12.4. The number of amides is 1. The van der Waals surface area contributed by atoms with Gasteiger partial charge in [-0.3, -0.25) is 4.79 Å². The van der Waals surface area contributed by atoms with E-state index in [1.54, 1.807) is 11.8 Å². The number of hydrogen-bond donors (Lipinski definition) is 0. The zero-order valence-corrected chi connectivity index (χ0v) is 10.2. The molecule has 0 atom stereocenters. The first-order valence-electron chi connectivity index (χ1n) is 5.64. The lowest BCUT2D eigenvalue weighted by molar-refractivity contribution is -0.117. The van der Waals surface area contributed by atoms with Crippen LogP contribution >= 0.6 is 0 Å². The topological polar surface area (TPSA) is 37.4 Å². The van der Waals surface area contributed by atoms with Crippen molar-refractivity contribution >= 4 is 12.2 Å². The highest BCUT2D eigenvalue weighted by atomic mass is 16.1. The summed E-state index contributed by atoms with van der Waals surface area (Å²) < 4.78 is 0. The lowest BCUT2D eigenvalue weighted by Gasteiger charge is -2.17. The summed E-state index contributed by atoms with van der Waals surface area (Å²) >= 11 is 0. The van der Waals surface area contributed by atoms with Crippen LogP contribution < -0.4 is 0 Å². The molecule has 0 saturated heterocycles. The van der Waals surface area contributed by atoms with Crippen molar-refractivity contribution in [3.63, 3.8) is 0 Å². The second kappa shape index (κ2) is 8.89. The van der Waals surface area contributed by atoms with Gasteiger partial charge in [-0.05, 0) is 32.8 Å². The number of hydrogen-bond acceptors (Lipinski definition) is 2. The normalized spacial score (nSPS) is 10.4. The molecule has 3 nitrogen and oxygen atoms in total. The van der Waals surface area contributed by atoms with Crippen LogP contribution in [0.3, 0.4) is 0 Å². The van der Waals surface area contributed by atoms with Gasteiger partial charge < -0.3 is 9.69 Å². The van der Waals surface area contributed by atoms with E-state index in [1.165, 1.54) is 0 Å². The minimum absolute atomic E-state index is 0.227. The van der Waals surface area contributed by atoms with Gasteiger partial charge in [-0.25, -0.2) is 0 Å². The Hall–Kier alpha value is -1.38. The van der Waals surface area contributed by atoms with E-state index in [2.05, 4.69) is 6.58 Å². The zero-order valence-electron chi connectivity index (χ0n) is 10.2. The van der Waals surface area contributed by atoms with Gasteiger partial charge in [-0.15, -0.1) is 0 Å². The number of carbonyl (C=O) groups excluding carboxylic acids is 2. The van der Waals surface area contributed by atoms with Crippen molar-refractivity contribution in [3.05, 3.63) is 24.4 Å². The third kappa shape index (κ3) is 6.98. The van der Waals surface area contributed by atoms with E-state index in [4.69, 9.17) is 0 Å². The highest BCUT2D eigenvalue weighted by molar-refractivity contribution is 5.75. The van der Waals surface area contributed by atoms with Crippen molar-refractivity contribution in [2.45, 2.75) is 39.5 Å². The fraction of sp³-hybridized carbons (Fsp3) is 0.538. The summed E-state index contributed by atoms with van der Waals surface area (Å²) in [6, 6.07) is 0. The first-order valence-corrected chi connectivity index (χ1v) is 5.64. The van der Waals surface area contributed by atoms with Crippen LogP contribution in [-0.4, -0.2) is 23.6 Å².